The van der Waals surface area contributed by atoms with Crippen molar-refractivity contribution < 1.29 is 46.2 Å². The van der Waals surface area contributed by atoms with Crippen LogP contribution in [0.15, 0.2) is 65.1 Å². The van der Waals surface area contributed by atoms with Crippen LogP contribution < -0.4 is 32.7 Å². The highest BCUT2D eigenvalue weighted by atomic mass is 31.2. The monoisotopic (exact) mass is 1550 g/mol. The number of ether oxygens (including phenoxy) is 3. The number of nitrogens with zero attached hydrogens (tertiary/aromatic N) is 8. The lowest BCUT2D eigenvalue weighted by Gasteiger charge is -2.58. The Morgan fingerprint density at radius 1 is 0.606 bits per heavy atom. The first-order chi connectivity index (χ1) is 51.8. The molecule has 606 valence electrons. The first kappa shape index (κ1) is 83.5. The van der Waals surface area contributed by atoms with Gasteiger partial charge in [0.15, 0.2) is 0 Å². The number of allylic oxidation sites excluding steroid dienone is 2. The number of azide groups is 2. The molecule has 28 heteroatoms. The Bertz CT molecular complexity index is 4090. The van der Waals surface area contributed by atoms with Gasteiger partial charge >= 0.3 is 32.8 Å². The van der Waals surface area contributed by atoms with Gasteiger partial charge in [-0.05, 0) is 233 Å². The normalized spacial score (nSPS) is 36.6. The Morgan fingerprint density at radius 2 is 1.06 bits per heavy atom. The maximum absolute atomic E-state index is 16.0. The first-order valence-electron chi connectivity index (χ1n) is 41.7. The Labute approximate surface area is 644 Å². The molecule has 8 fully saturated rings. The van der Waals surface area contributed by atoms with Crippen LogP contribution in [0, 0.1) is 107 Å². The minimum absolute atomic E-state index is 0.0305. The van der Waals surface area contributed by atoms with Crippen molar-refractivity contribution in [3.63, 3.8) is 0 Å². The van der Waals surface area contributed by atoms with Gasteiger partial charge in [-0.1, -0.05) is 148 Å². The molecule has 26 nitrogen and oxygen atoms in total. The maximum atomic E-state index is 16.0. The number of esters is 1. The van der Waals surface area contributed by atoms with E-state index >= 15 is 9.13 Å². The molecule has 6 saturated carbocycles. The molecule has 2 aromatic heterocycles. The van der Waals surface area contributed by atoms with Crippen LogP contribution in [0.3, 0.4) is 0 Å². The van der Waals surface area contributed by atoms with Crippen molar-refractivity contribution in [1.29, 1.82) is 0 Å². The van der Waals surface area contributed by atoms with E-state index in [4.69, 9.17) is 32.3 Å². The molecule has 12 rings (SSSR count). The molecule has 2 saturated heterocycles. The molecule has 0 amide bonds. The second kappa shape index (κ2) is 34.6. The Balaban J connectivity index is 0.749. The number of aryl methyl sites for hydroxylation is 2. The Kier molecular flexibility index (Phi) is 26.5. The second-order valence-corrected chi connectivity index (χ2v) is 40.4. The fourth-order valence-electron chi connectivity index (χ4n) is 23.7. The standard InChI is InChI=1S/C81H128N12O14P2/c1-48(2)18-16-20-50(5)60-27-29-62-58-25-23-54-40-56(31-35-78(54,9)64(58)33-37-80(60,62)11)106-108(99,102-46-69-67(87-90-82)42-71(104-69)92-44-52(7)73(94)85-76(92)97)84-39-15-14-22-66(75(96)101-13)89-109(100,103-47-70-68(88-91-83)43-72(105-70)93-45-53(8)74(95)86-77(93)98)107-57-32-36-79(10)55(41-57)24-26-59-63-30-28-61(51(6)21-17-19-49(3)4)81(63,12)38-34-65(59)79/h23-24,44-45,48-51,56-72H,14-22,25-43,46-47H2,1-13H3,(H,84,99)(H,89,100)(H,85,94,97)(H,86,95,98)/t50-,51-,56+,57+,58+,59+,60-,61-,62+,63+,64+,65+,66?,67+,68+,69-,70-,71-,72-,78+,79+,80-,81-,108?,109?/m1/s1. The fourth-order valence-corrected chi connectivity index (χ4v) is 27.0. The van der Waals surface area contributed by atoms with E-state index in [9.17, 15) is 35.0 Å². The van der Waals surface area contributed by atoms with Gasteiger partial charge in [-0.2, -0.15) is 0 Å². The largest absolute Gasteiger partial charge is 0.468 e. The third-order valence-electron chi connectivity index (χ3n) is 29.7. The summed E-state index contributed by atoms with van der Waals surface area (Å²) in [5, 5.41) is 14.2. The summed E-state index contributed by atoms with van der Waals surface area (Å²) in [7, 11) is -7.61. The molecular formula is C81H128N12O14P2. The van der Waals surface area contributed by atoms with Gasteiger partial charge in [-0.25, -0.2) is 28.9 Å². The summed E-state index contributed by atoms with van der Waals surface area (Å²) in [5.41, 5.74) is 20.8. The molecule has 0 aromatic carbocycles. The zero-order chi connectivity index (χ0) is 78.1. The van der Waals surface area contributed by atoms with Crippen LogP contribution in [0.25, 0.3) is 20.9 Å². The van der Waals surface area contributed by atoms with Gasteiger partial charge in [-0.3, -0.25) is 51.6 Å². The topological polar surface area (TPSA) is 347 Å². The van der Waals surface area contributed by atoms with Crippen molar-refractivity contribution in [3.05, 3.63) is 109 Å². The van der Waals surface area contributed by atoms with E-state index in [2.05, 4.69) is 122 Å². The van der Waals surface area contributed by atoms with Crippen LogP contribution in [0.4, 0.5) is 0 Å². The molecule has 8 aliphatic carbocycles. The number of hydrogen-bond acceptors (Lipinski definition) is 16. The second-order valence-electron chi connectivity index (χ2n) is 36.9. The van der Waals surface area contributed by atoms with E-state index in [1.54, 1.807) is 13.8 Å². The lowest BCUT2D eigenvalue weighted by atomic mass is 9.47. The zero-order valence-corrected chi connectivity index (χ0v) is 69.1. The molecule has 4 N–H and O–H groups in total. The third kappa shape index (κ3) is 17.8. The summed E-state index contributed by atoms with van der Waals surface area (Å²) in [4.78, 5) is 76.0. The van der Waals surface area contributed by atoms with Gasteiger partial charge in [0.05, 0.1) is 56.8 Å². The Morgan fingerprint density at radius 3 is 1.50 bits per heavy atom. The molecule has 10 aliphatic rings. The van der Waals surface area contributed by atoms with Gasteiger partial charge in [0.1, 0.15) is 18.5 Å². The lowest BCUT2D eigenvalue weighted by molar-refractivity contribution is -0.143. The summed E-state index contributed by atoms with van der Waals surface area (Å²) in [6.07, 6.45) is 27.1. The predicted octanol–water partition coefficient (Wildman–Crippen LogP) is 17.6. The van der Waals surface area contributed by atoms with Gasteiger partial charge < -0.3 is 14.2 Å². The van der Waals surface area contributed by atoms with Crippen molar-refractivity contribution in [1.82, 2.24) is 29.3 Å². The van der Waals surface area contributed by atoms with E-state index in [1.165, 1.54) is 130 Å². The van der Waals surface area contributed by atoms with Gasteiger partial charge in [0.2, 0.25) is 0 Å². The molecule has 0 bridgehead atoms. The first-order valence-corrected chi connectivity index (χ1v) is 44.8. The summed E-state index contributed by atoms with van der Waals surface area (Å²) in [6.45, 7) is 26.8. The number of carbonyl (C=O) groups is 1. The third-order valence-corrected chi connectivity index (χ3v) is 33.0. The van der Waals surface area contributed by atoms with Crippen molar-refractivity contribution in [3.8, 4) is 0 Å². The fraction of sp³-hybridized carbons (Fsp3) is 0.840. The molecular weight excluding hydrogens is 1430 g/mol. The van der Waals surface area contributed by atoms with Crippen LogP contribution in [-0.2, 0) is 46.2 Å². The number of fused-ring (bicyclic) bond motifs is 10. The molecule has 109 heavy (non-hydrogen) atoms. The smallest absolute Gasteiger partial charge is 0.406 e. The van der Waals surface area contributed by atoms with Crippen molar-refractivity contribution in [2.45, 2.75) is 311 Å². The van der Waals surface area contributed by atoms with Gasteiger partial charge in [-0.15, -0.1) is 0 Å². The molecule has 2 aromatic rings. The SMILES string of the molecule is COC(=O)C(CCCCNP(=O)(OC[C@H]1O[C@@H](n2cc(C)c(=O)[nH]c2=O)C[C@@H]1N=[N+]=[N-])O[C@H]1CC[C@@]2(C)C(=CC[C@H]3[C@@H]4CC[C@H]([C@H](C)CCCC(C)C)[C@@]4(C)CC[C@@H]32)C1)NP(=O)(OC[C@H]1O[C@@H](n2cc(C)c(=O)[nH]c2=O)C[C@@H]1N=[N+]=[N-])O[C@H]1CC[C@@]2(C)C(=CC[C@H]3[C@@H]4CC[C@H]([C@H](C)CCCC(C)C)[C@@]4(C)CC[C@@H]32)C1. The van der Waals surface area contributed by atoms with Gasteiger partial charge in [0.25, 0.3) is 11.1 Å². The van der Waals surface area contributed by atoms with Crippen molar-refractivity contribution in [2.24, 2.45) is 103 Å². The number of nitrogens with one attached hydrogen (secondary N) is 4. The van der Waals surface area contributed by atoms with E-state index in [0.29, 0.717) is 96.2 Å². The van der Waals surface area contributed by atoms with E-state index in [0.717, 1.165) is 43.4 Å². The average Bonchev–Trinajstić information content (AvgIpc) is 1.66. The summed E-state index contributed by atoms with van der Waals surface area (Å²) >= 11 is 0. The number of methoxy groups -OCH3 is 1. The number of H-pyrrole nitrogens is 2. The maximum Gasteiger partial charge on any atom is 0.406 e. The minimum Gasteiger partial charge on any atom is -0.468 e. The molecule has 0 radical (unpaired) electrons. The van der Waals surface area contributed by atoms with E-state index in [1.807, 2.05) is 0 Å². The van der Waals surface area contributed by atoms with Gasteiger partial charge in [0, 0.05) is 52.7 Å². The number of aromatic amines is 2. The van der Waals surface area contributed by atoms with Crippen LogP contribution in [0.2, 0.25) is 0 Å². The number of hydrogen-bond donors (Lipinski definition) is 4. The Hall–Kier alpha value is -4.93. The van der Waals surface area contributed by atoms with Crippen LogP contribution in [-0.4, -0.2) is 94.5 Å². The minimum atomic E-state index is -4.58. The lowest BCUT2D eigenvalue weighted by Crippen LogP contribution is -2.51. The van der Waals surface area contributed by atoms with Crippen molar-refractivity contribution >= 4 is 21.5 Å². The quantitative estimate of drug-likeness (QED) is 0.00981. The summed E-state index contributed by atoms with van der Waals surface area (Å²) < 4.78 is 78.6. The highest BCUT2D eigenvalue weighted by Gasteiger charge is 2.62. The molecule has 25 atom stereocenters. The average molecular weight is 1560 g/mol. The van der Waals surface area contributed by atoms with Crippen LogP contribution >= 0.6 is 15.5 Å². The highest BCUT2D eigenvalue weighted by molar-refractivity contribution is 7.52. The number of carbonyl (C=O) groups excluding carboxylic acids is 1. The molecule has 0 spiro atoms. The number of unbranched alkanes of at least 4 members (excludes halogenated alkanes) is 1. The molecule has 2 aliphatic heterocycles. The highest BCUT2D eigenvalue weighted by Crippen LogP contribution is 2.70. The van der Waals surface area contributed by atoms with E-state index in [-0.39, 0.29) is 60.8 Å². The van der Waals surface area contributed by atoms with E-state index < -0.39 is 106 Å². The van der Waals surface area contributed by atoms with Crippen LogP contribution in [0.5, 0.6) is 0 Å². The zero-order valence-electron chi connectivity index (χ0n) is 67.3. The number of rotatable bonds is 33. The summed E-state index contributed by atoms with van der Waals surface area (Å²) in [6, 6.07) is -3.00. The predicted molar refractivity (Wildman–Crippen MR) is 419 cm³/mol. The number of aromatic nitrogens is 4. The molecule has 3 unspecified atom stereocenters. The molecule has 4 heterocycles. The van der Waals surface area contributed by atoms with Crippen molar-refractivity contribution in [2.75, 3.05) is 26.9 Å². The van der Waals surface area contributed by atoms with Crippen LogP contribution in [0.1, 0.15) is 266 Å². The summed E-state index contributed by atoms with van der Waals surface area (Å²) in [5.74, 6) is 7.18.